The molecule has 4 N–H and O–H groups in total. The van der Waals surface area contributed by atoms with Crippen LogP contribution in [0.4, 0.5) is 4.79 Å². The molecule has 0 unspecified atom stereocenters. The minimum Gasteiger partial charge on any atom is -0.457 e. The fourth-order valence-corrected chi connectivity index (χ4v) is 2.32. The minimum absolute atomic E-state index is 0.0515. The van der Waals surface area contributed by atoms with Gasteiger partial charge in [-0.1, -0.05) is 30.3 Å². The fraction of sp³-hybridized carbons (Fsp3) is 0.222. The number of hydrogen-bond donors (Lipinski definition) is 3. The number of carbonyl (C=O) groups is 2. The Bertz CT molecular complexity index is 719. The number of benzene rings is 2. The van der Waals surface area contributed by atoms with E-state index in [0.717, 1.165) is 5.56 Å². The summed E-state index contributed by atoms with van der Waals surface area (Å²) in [4.78, 5) is 23.3. The summed E-state index contributed by atoms with van der Waals surface area (Å²) in [5.74, 6) is 1.07. The van der Waals surface area contributed by atoms with Crippen molar-refractivity contribution < 1.29 is 14.3 Å². The zero-order valence-corrected chi connectivity index (χ0v) is 14.2. The van der Waals surface area contributed by atoms with Gasteiger partial charge in [0, 0.05) is 14.1 Å². The summed E-state index contributed by atoms with van der Waals surface area (Å²) in [6.45, 7) is 0. The second-order valence-corrected chi connectivity index (χ2v) is 5.68. The molecule has 0 saturated heterocycles. The van der Waals surface area contributed by atoms with Crippen LogP contribution in [0.15, 0.2) is 54.6 Å². The topological polar surface area (TPSA) is 96.7 Å². The first-order valence-corrected chi connectivity index (χ1v) is 7.79. The van der Waals surface area contributed by atoms with E-state index in [0.29, 0.717) is 11.5 Å². The third kappa shape index (κ3) is 6.15. The second kappa shape index (κ2) is 8.70. The van der Waals surface area contributed by atoms with Crippen molar-refractivity contribution in [3.8, 4) is 11.5 Å². The highest BCUT2D eigenvalue weighted by molar-refractivity contribution is 5.78. The van der Waals surface area contributed by atoms with Crippen LogP contribution in [0.2, 0.25) is 0 Å². The highest BCUT2D eigenvalue weighted by Crippen LogP contribution is 2.25. The summed E-state index contributed by atoms with van der Waals surface area (Å²) in [5, 5.41) is 4.14. The summed E-state index contributed by atoms with van der Waals surface area (Å²) in [5.41, 5.74) is 8.61. The van der Waals surface area contributed by atoms with E-state index in [-0.39, 0.29) is 12.3 Å². The number of primary amides is 1. The van der Waals surface area contributed by atoms with Gasteiger partial charge < -0.3 is 15.8 Å². The molecule has 2 aromatic rings. The van der Waals surface area contributed by atoms with Crippen LogP contribution in [-0.2, 0) is 4.79 Å². The molecule has 7 heteroatoms. The molecule has 0 saturated carbocycles. The first-order valence-electron chi connectivity index (χ1n) is 7.79. The van der Waals surface area contributed by atoms with Gasteiger partial charge in [-0.3, -0.25) is 10.2 Å². The third-order valence-corrected chi connectivity index (χ3v) is 3.29. The van der Waals surface area contributed by atoms with Gasteiger partial charge in [-0.15, -0.1) is 0 Å². The van der Waals surface area contributed by atoms with Gasteiger partial charge in [0.2, 0.25) is 5.91 Å². The first kappa shape index (κ1) is 18.3. The number of nitrogens with zero attached hydrogens (tertiary/aromatic N) is 1. The smallest absolute Gasteiger partial charge is 0.312 e. The number of amides is 3. The molecule has 0 aromatic heterocycles. The van der Waals surface area contributed by atoms with E-state index in [1.54, 1.807) is 43.4 Å². The third-order valence-electron chi connectivity index (χ3n) is 3.29. The number of nitrogens with one attached hydrogen (secondary N) is 2. The van der Waals surface area contributed by atoms with Crippen LogP contribution < -0.4 is 21.2 Å². The Kier molecular flexibility index (Phi) is 6.36. The Balaban J connectivity index is 2.17. The van der Waals surface area contributed by atoms with Crippen LogP contribution in [-0.4, -0.2) is 31.0 Å². The summed E-state index contributed by atoms with van der Waals surface area (Å²) >= 11 is 0. The first-order chi connectivity index (χ1) is 11.9. The SMILES string of the molecule is CN(C)NC(=O)C[C@@H](NC(N)=O)c1cccc(Oc2ccccc2)c1. The maximum Gasteiger partial charge on any atom is 0.312 e. The van der Waals surface area contributed by atoms with Crippen molar-refractivity contribution in [1.29, 1.82) is 0 Å². The molecule has 0 spiro atoms. The van der Waals surface area contributed by atoms with E-state index in [2.05, 4.69) is 10.7 Å². The molecule has 0 radical (unpaired) electrons. The molecule has 0 aliphatic rings. The zero-order valence-electron chi connectivity index (χ0n) is 14.2. The molecular formula is C18H22N4O3. The molecule has 132 valence electrons. The predicted molar refractivity (Wildman–Crippen MR) is 94.9 cm³/mol. The van der Waals surface area contributed by atoms with Crippen molar-refractivity contribution in [2.75, 3.05) is 14.1 Å². The summed E-state index contributed by atoms with van der Waals surface area (Å²) in [6, 6.07) is 15.3. The van der Waals surface area contributed by atoms with Crippen molar-refractivity contribution in [3.05, 3.63) is 60.2 Å². The monoisotopic (exact) mass is 342 g/mol. The Morgan fingerprint density at radius 2 is 1.76 bits per heavy atom. The predicted octanol–water partition coefficient (Wildman–Crippen LogP) is 2.17. The van der Waals surface area contributed by atoms with Crippen LogP contribution in [0.1, 0.15) is 18.0 Å². The van der Waals surface area contributed by atoms with Gasteiger partial charge in [-0.2, -0.15) is 0 Å². The molecule has 0 fully saturated rings. The zero-order chi connectivity index (χ0) is 18.2. The van der Waals surface area contributed by atoms with E-state index in [1.165, 1.54) is 0 Å². The molecule has 0 bridgehead atoms. The number of ether oxygens (including phenoxy) is 1. The molecule has 0 aliphatic carbocycles. The maximum atomic E-state index is 12.0. The van der Waals surface area contributed by atoms with Gasteiger partial charge in [0.05, 0.1) is 12.5 Å². The Morgan fingerprint density at radius 3 is 2.40 bits per heavy atom. The van der Waals surface area contributed by atoms with Crippen LogP contribution in [0.3, 0.4) is 0 Å². The normalized spacial score (nSPS) is 11.6. The molecule has 25 heavy (non-hydrogen) atoms. The van der Waals surface area contributed by atoms with E-state index in [4.69, 9.17) is 10.5 Å². The Morgan fingerprint density at radius 1 is 1.08 bits per heavy atom. The Labute approximate surface area is 146 Å². The lowest BCUT2D eigenvalue weighted by Gasteiger charge is -2.20. The highest BCUT2D eigenvalue weighted by Gasteiger charge is 2.18. The van der Waals surface area contributed by atoms with Gasteiger partial charge in [-0.05, 0) is 29.8 Å². The summed E-state index contributed by atoms with van der Waals surface area (Å²) in [7, 11) is 3.42. The van der Waals surface area contributed by atoms with Crippen molar-refractivity contribution in [1.82, 2.24) is 15.8 Å². The molecule has 2 aromatic carbocycles. The number of nitrogens with two attached hydrogens (primary N) is 1. The fourth-order valence-electron chi connectivity index (χ4n) is 2.32. The highest BCUT2D eigenvalue weighted by atomic mass is 16.5. The number of hydrazine groups is 1. The van der Waals surface area contributed by atoms with Crippen LogP contribution in [0, 0.1) is 0 Å². The molecule has 1 atom stereocenters. The molecular weight excluding hydrogens is 320 g/mol. The average Bonchev–Trinajstić information content (AvgIpc) is 2.54. The average molecular weight is 342 g/mol. The molecule has 3 amide bonds. The molecule has 2 rings (SSSR count). The van der Waals surface area contributed by atoms with E-state index < -0.39 is 12.1 Å². The Hall–Kier alpha value is -3.06. The van der Waals surface area contributed by atoms with Gasteiger partial charge in [0.1, 0.15) is 11.5 Å². The number of carbonyl (C=O) groups excluding carboxylic acids is 2. The maximum absolute atomic E-state index is 12.0. The van der Waals surface area contributed by atoms with E-state index in [9.17, 15) is 9.59 Å². The molecule has 0 aliphatic heterocycles. The van der Waals surface area contributed by atoms with Crippen LogP contribution >= 0.6 is 0 Å². The van der Waals surface area contributed by atoms with Gasteiger partial charge in [0.15, 0.2) is 0 Å². The molecule has 7 nitrogen and oxygen atoms in total. The van der Waals surface area contributed by atoms with Gasteiger partial charge >= 0.3 is 6.03 Å². The van der Waals surface area contributed by atoms with Gasteiger partial charge in [0.25, 0.3) is 0 Å². The minimum atomic E-state index is -0.697. The largest absolute Gasteiger partial charge is 0.457 e. The standard InChI is InChI=1S/C18H22N4O3/c1-22(2)21-17(23)12-16(20-18(19)24)13-7-6-10-15(11-13)25-14-8-4-3-5-9-14/h3-11,16H,12H2,1-2H3,(H,21,23)(H3,19,20,24)/t16-/m1/s1. The number of hydrogen-bond acceptors (Lipinski definition) is 4. The summed E-state index contributed by atoms with van der Waals surface area (Å²) in [6.07, 6.45) is 0.0515. The lowest BCUT2D eigenvalue weighted by atomic mass is 10.0. The number of para-hydroxylation sites is 1. The molecule has 0 heterocycles. The van der Waals surface area contributed by atoms with Crippen LogP contribution in [0.25, 0.3) is 0 Å². The lowest BCUT2D eigenvalue weighted by Crippen LogP contribution is -2.40. The number of rotatable bonds is 7. The van der Waals surface area contributed by atoms with E-state index in [1.807, 2.05) is 30.3 Å². The number of urea groups is 1. The quantitative estimate of drug-likeness (QED) is 0.672. The lowest BCUT2D eigenvalue weighted by molar-refractivity contribution is -0.125. The van der Waals surface area contributed by atoms with Crippen molar-refractivity contribution in [3.63, 3.8) is 0 Å². The van der Waals surface area contributed by atoms with Crippen molar-refractivity contribution in [2.45, 2.75) is 12.5 Å². The van der Waals surface area contributed by atoms with Gasteiger partial charge in [-0.25, -0.2) is 9.80 Å². The summed E-state index contributed by atoms with van der Waals surface area (Å²) < 4.78 is 5.79. The second-order valence-electron chi connectivity index (χ2n) is 5.68. The van der Waals surface area contributed by atoms with Crippen LogP contribution in [0.5, 0.6) is 11.5 Å². The van der Waals surface area contributed by atoms with E-state index >= 15 is 0 Å². The van der Waals surface area contributed by atoms with Crippen molar-refractivity contribution in [2.24, 2.45) is 5.73 Å². The van der Waals surface area contributed by atoms with Crippen molar-refractivity contribution >= 4 is 11.9 Å².